The molecule has 0 aliphatic carbocycles. The van der Waals surface area contributed by atoms with Gasteiger partial charge in [-0.2, -0.15) is 0 Å². The minimum atomic E-state index is 0.657. The Kier molecular flexibility index (Phi) is 4.27. The number of H-pyrrole nitrogens is 1. The lowest BCUT2D eigenvalue weighted by Gasteiger charge is -2.01. The first-order chi connectivity index (χ1) is 9.65. The summed E-state index contributed by atoms with van der Waals surface area (Å²) in [5, 5.41) is 10.6. The van der Waals surface area contributed by atoms with Crippen molar-refractivity contribution >= 4 is 12.7 Å². The number of ether oxygens (including phenoxy) is 1. The molecule has 0 aliphatic heterocycles. The van der Waals surface area contributed by atoms with Crippen molar-refractivity contribution in [3.05, 3.63) is 52.8 Å². The fourth-order valence-electron chi connectivity index (χ4n) is 1.89. The lowest BCUT2D eigenvalue weighted by atomic mass is 10.1. The molecular weight excluding hydrogens is 252 g/mol. The molecule has 0 fully saturated rings. The maximum absolute atomic E-state index is 8.74. The molecule has 1 aromatic heterocycles. The second kappa shape index (κ2) is 6.12. The van der Waals surface area contributed by atoms with E-state index in [0.29, 0.717) is 5.70 Å². The number of methoxy groups -OCH3 is 1. The molecule has 2 rings (SSSR count). The van der Waals surface area contributed by atoms with Crippen LogP contribution in [0, 0.1) is 0 Å². The summed E-state index contributed by atoms with van der Waals surface area (Å²) in [4.78, 5) is 3.18. The first kappa shape index (κ1) is 14.0. The third kappa shape index (κ3) is 2.92. The topological polar surface area (TPSA) is 57.3 Å². The first-order valence-corrected chi connectivity index (χ1v) is 6.25. The second-order valence-electron chi connectivity index (χ2n) is 4.45. The minimum absolute atomic E-state index is 0.657. The number of hydroxylamine groups is 1. The molecule has 4 nitrogen and oxygen atoms in total. The van der Waals surface area contributed by atoms with Crippen molar-refractivity contribution in [2.24, 2.45) is 0 Å². The fourth-order valence-corrected chi connectivity index (χ4v) is 1.89. The maximum Gasteiger partial charge on any atom is 0.118 e. The molecule has 0 saturated carbocycles. The summed E-state index contributed by atoms with van der Waals surface area (Å²) in [6.07, 6.45) is 5.57. The Hall–Kier alpha value is -2.46. The summed E-state index contributed by atoms with van der Waals surface area (Å²) >= 11 is 0. The number of aromatic nitrogens is 1. The molecule has 2 aromatic rings. The Morgan fingerprint density at radius 3 is 2.65 bits per heavy atom. The van der Waals surface area contributed by atoms with Gasteiger partial charge in [-0.1, -0.05) is 18.7 Å². The van der Waals surface area contributed by atoms with Gasteiger partial charge in [0.25, 0.3) is 0 Å². The summed E-state index contributed by atoms with van der Waals surface area (Å²) in [5.74, 6) is 0.828. The highest BCUT2D eigenvalue weighted by molar-refractivity contribution is 5.65. The van der Waals surface area contributed by atoms with Crippen molar-refractivity contribution in [3.8, 4) is 16.9 Å². The minimum Gasteiger partial charge on any atom is -0.497 e. The highest BCUT2D eigenvalue weighted by Gasteiger charge is 2.01. The van der Waals surface area contributed by atoms with Crippen LogP contribution in [0.15, 0.2) is 42.2 Å². The number of hydrogen-bond acceptors (Lipinski definition) is 3. The molecule has 1 aromatic carbocycles. The SMILES string of the molecule is C=c1c(-c2ccc(OC)cc2)c[nH]/c1=C/C=C(\C)NO. The molecule has 1 heterocycles. The summed E-state index contributed by atoms with van der Waals surface area (Å²) in [6.45, 7) is 5.87. The molecule has 0 saturated heterocycles. The van der Waals surface area contributed by atoms with Crippen LogP contribution in [0.2, 0.25) is 0 Å². The van der Waals surface area contributed by atoms with E-state index in [0.717, 1.165) is 27.4 Å². The van der Waals surface area contributed by atoms with Gasteiger partial charge >= 0.3 is 0 Å². The van der Waals surface area contributed by atoms with Crippen molar-refractivity contribution in [1.82, 2.24) is 10.5 Å². The van der Waals surface area contributed by atoms with Crippen molar-refractivity contribution in [1.29, 1.82) is 0 Å². The van der Waals surface area contributed by atoms with Gasteiger partial charge in [-0.25, -0.2) is 0 Å². The van der Waals surface area contributed by atoms with Gasteiger partial charge in [-0.3, -0.25) is 10.7 Å². The molecule has 0 radical (unpaired) electrons. The number of hydrogen-bond donors (Lipinski definition) is 3. The van der Waals surface area contributed by atoms with Crippen molar-refractivity contribution < 1.29 is 9.94 Å². The van der Waals surface area contributed by atoms with Crippen LogP contribution >= 0.6 is 0 Å². The monoisotopic (exact) mass is 270 g/mol. The van der Waals surface area contributed by atoms with Crippen LogP contribution in [0.4, 0.5) is 0 Å². The molecule has 0 aliphatic rings. The van der Waals surface area contributed by atoms with Crippen LogP contribution in [-0.2, 0) is 0 Å². The van der Waals surface area contributed by atoms with E-state index in [1.54, 1.807) is 20.1 Å². The first-order valence-electron chi connectivity index (χ1n) is 6.25. The number of allylic oxidation sites excluding steroid dienone is 2. The second-order valence-corrected chi connectivity index (χ2v) is 4.45. The Bertz CT molecular complexity index is 712. The van der Waals surface area contributed by atoms with Crippen LogP contribution in [0.25, 0.3) is 23.8 Å². The molecule has 4 heteroatoms. The zero-order valence-electron chi connectivity index (χ0n) is 11.6. The van der Waals surface area contributed by atoms with Crippen LogP contribution < -0.4 is 20.8 Å². The predicted molar refractivity (Wildman–Crippen MR) is 80.7 cm³/mol. The maximum atomic E-state index is 8.74. The average molecular weight is 270 g/mol. The number of benzene rings is 1. The molecule has 3 N–H and O–H groups in total. The third-order valence-corrected chi connectivity index (χ3v) is 3.10. The van der Waals surface area contributed by atoms with Crippen LogP contribution in [-0.4, -0.2) is 17.3 Å². The molecule has 20 heavy (non-hydrogen) atoms. The molecule has 0 amide bonds. The highest BCUT2D eigenvalue weighted by atomic mass is 16.5. The van der Waals surface area contributed by atoms with Gasteiger partial charge in [0, 0.05) is 28.0 Å². The molecule has 0 spiro atoms. The Morgan fingerprint density at radius 1 is 1.35 bits per heavy atom. The standard InChI is InChI=1S/C16H18N2O2/c1-11(18-19)4-9-16-12(2)15(10-17-16)13-5-7-14(20-3)8-6-13/h4-10,17-19H,2H2,1,3H3/b11-4+,16-9+. The number of aromatic amines is 1. The van der Waals surface area contributed by atoms with Crippen molar-refractivity contribution in [2.45, 2.75) is 6.92 Å². The Morgan fingerprint density at radius 2 is 2.05 bits per heavy atom. The third-order valence-electron chi connectivity index (χ3n) is 3.10. The fraction of sp³-hybridized carbons (Fsp3) is 0.125. The molecule has 0 atom stereocenters. The van der Waals surface area contributed by atoms with Crippen LogP contribution in [0.5, 0.6) is 5.75 Å². The largest absolute Gasteiger partial charge is 0.497 e. The summed E-state index contributed by atoms with van der Waals surface area (Å²) in [7, 11) is 1.65. The van der Waals surface area contributed by atoms with Gasteiger partial charge in [0.1, 0.15) is 5.75 Å². The van der Waals surface area contributed by atoms with E-state index >= 15 is 0 Å². The lowest BCUT2D eigenvalue weighted by Crippen LogP contribution is -2.21. The van der Waals surface area contributed by atoms with Gasteiger partial charge in [0.05, 0.1) is 7.11 Å². The van der Waals surface area contributed by atoms with E-state index in [-0.39, 0.29) is 0 Å². The van der Waals surface area contributed by atoms with Crippen LogP contribution in [0.3, 0.4) is 0 Å². The number of rotatable bonds is 4. The van der Waals surface area contributed by atoms with Crippen molar-refractivity contribution in [2.75, 3.05) is 7.11 Å². The highest BCUT2D eigenvalue weighted by Crippen LogP contribution is 2.18. The van der Waals surface area contributed by atoms with Crippen molar-refractivity contribution in [3.63, 3.8) is 0 Å². The van der Waals surface area contributed by atoms with E-state index in [2.05, 4.69) is 17.0 Å². The van der Waals surface area contributed by atoms with E-state index < -0.39 is 0 Å². The van der Waals surface area contributed by atoms with E-state index in [4.69, 9.17) is 9.94 Å². The average Bonchev–Trinajstić information content (AvgIpc) is 2.86. The molecule has 0 bridgehead atoms. The summed E-state index contributed by atoms with van der Waals surface area (Å²) in [5.41, 5.74) is 4.86. The Labute approximate surface area is 117 Å². The van der Waals surface area contributed by atoms with E-state index in [9.17, 15) is 0 Å². The summed E-state index contributed by atoms with van der Waals surface area (Å²) < 4.78 is 5.15. The quantitative estimate of drug-likeness (QED) is 0.742. The van der Waals surface area contributed by atoms with E-state index in [1.807, 2.05) is 36.5 Å². The molecule has 104 valence electrons. The normalized spacial score (nSPS) is 12.6. The smallest absolute Gasteiger partial charge is 0.118 e. The number of nitrogens with one attached hydrogen (secondary N) is 2. The Balaban J connectivity index is 2.40. The zero-order valence-corrected chi connectivity index (χ0v) is 11.6. The predicted octanol–water partition coefficient (Wildman–Crippen LogP) is 1.76. The van der Waals surface area contributed by atoms with E-state index in [1.165, 1.54) is 0 Å². The lowest BCUT2D eigenvalue weighted by molar-refractivity contribution is 0.201. The van der Waals surface area contributed by atoms with Crippen LogP contribution in [0.1, 0.15) is 6.92 Å². The zero-order chi connectivity index (χ0) is 14.5. The van der Waals surface area contributed by atoms with Gasteiger partial charge in [0.15, 0.2) is 0 Å². The van der Waals surface area contributed by atoms with Gasteiger partial charge in [-0.15, -0.1) is 0 Å². The van der Waals surface area contributed by atoms with Gasteiger partial charge in [0.2, 0.25) is 0 Å². The molecular formula is C16H18N2O2. The summed E-state index contributed by atoms with van der Waals surface area (Å²) in [6, 6.07) is 7.84. The molecule has 0 unspecified atom stereocenters. The van der Waals surface area contributed by atoms with Gasteiger partial charge < -0.3 is 9.72 Å². The van der Waals surface area contributed by atoms with Gasteiger partial charge in [-0.05, 0) is 36.8 Å².